The van der Waals surface area contributed by atoms with E-state index in [0.29, 0.717) is 31.0 Å². The molecule has 0 saturated carbocycles. The summed E-state index contributed by atoms with van der Waals surface area (Å²) in [7, 11) is 0. The van der Waals surface area contributed by atoms with E-state index in [1.807, 2.05) is 18.2 Å². The highest BCUT2D eigenvalue weighted by atomic mass is 35.5. The van der Waals surface area contributed by atoms with Crippen LogP contribution >= 0.6 is 11.6 Å². The van der Waals surface area contributed by atoms with Crippen LogP contribution in [-0.2, 0) is 11.3 Å². The number of nitrogens with one attached hydrogen (secondary N) is 2. The van der Waals surface area contributed by atoms with Crippen LogP contribution in [0.2, 0.25) is 5.02 Å². The number of benzene rings is 1. The number of hydrogen-bond acceptors (Lipinski definition) is 2. The number of hydrogen-bond donors (Lipinski definition) is 3. The molecule has 0 bridgehead atoms. The summed E-state index contributed by atoms with van der Waals surface area (Å²) in [6.07, 6.45) is 1.17. The van der Waals surface area contributed by atoms with Crippen LogP contribution in [0.1, 0.15) is 25.3 Å². The number of aliphatic carboxylic acids is 1. The number of halogens is 1. The standard InChI is InChI=1S/C14H19ClN2O3/c1-10(13(18)19)5-4-8-16-14(20)17-9-11-6-2-3-7-12(11)15/h2-3,6-7,10H,4-5,8-9H2,1H3,(H,18,19)(H2,16,17,20). The van der Waals surface area contributed by atoms with Gasteiger partial charge in [0, 0.05) is 18.1 Å². The fraction of sp³-hybridized carbons (Fsp3) is 0.429. The molecule has 1 atom stereocenters. The fourth-order valence-corrected chi connectivity index (χ4v) is 1.82. The van der Waals surface area contributed by atoms with E-state index in [-0.39, 0.29) is 11.9 Å². The fourth-order valence-electron chi connectivity index (χ4n) is 1.61. The minimum absolute atomic E-state index is 0.284. The van der Waals surface area contributed by atoms with Crippen molar-refractivity contribution in [3.63, 3.8) is 0 Å². The molecule has 5 nitrogen and oxygen atoms in total. The van der Waals surface area contributed by atoms with Gasteiger partial charge in [0.25, 0.3) is 0 Å². The van der Waals surface area contributed by atoms with Gasteiger partial charge in [0.1, 0.15) is 0 Å². The zero-order valence-electron chi connectivity index (χ0n) is 11.4. The summed E-state index contributed by atoms with van der Waals surface area (Å²) >= 11 is 5.97. The average molecular weight is 299 g/mol. The maximum absolute atomic E-state index is 11.5. The number of carbonyl (C=O) groups excluding carboxylic acids is 1. The minimum Gasteiger partial charge on any atom is -0.481 e. The van der Waals surface area contributed by atoms with E-state index in [1.54, 1.807) is 13.0 Å². The summed E-state index contributed by atoms with van der Waals surface area (Å²) in [6.45, 7) is 2.46. The van der Waals surface area contributed by atoms with E-state index >= 15 is 0 Å². The first-order valence-corrected chi connectivity index (χ1v) is 6.86. The van der Waals surface area contributed by atoms with E-state index < -0.39 is 5.97 Å². The summed E-state index contributed by atoms with van der Waals surface area (Å²) in [5, 5.41) is 14.7. The van der Waals surface area contributed by atoms with Crippen LogP contribution in [0, 0.1) is 5.92 Å². The van der Waals surface area contributed by atoms with Crippen molar-refractivity contribution in [1.29, 1.82) is 0 Å². The largest absolute Gasteiger partial charge is 0.481 e. The molecule has 1 aromatic carbocycles. The van der Waals surface area contributed by atoms with E-state index in [0.717, 1.165) is 5.56 Å². The monoisotopic (exact) mass is 298 g/mol. The number of amides is 2. The molecule has 20 heavy (non-hydrogen) atoms. The highest BCUT2D eigenvalue weighted by Crippen LogP contribution is 2.14. The highest BCUT2D eigenvalue weighted by molar-refractivity contribution is 6.31. The van der Waals surface area contributed by atoms with Gasteiger partial charge in [-0.15, -0.1) is 0 Å². The number of urea groups is 1. The van der Waals surface area contributed by atoms with Gasteiger partial charge in [0.05, 0.1) is 5.92 Å². The first kappa shape index (κ1) is 16.3. The smallest absolute Gasteiger partial charge is 0.315 e. The van der Waals surface area contributed by atoms with Gasteiger partial charge in [-0.25, -0.2) is 4.79 Å². The highest BCUT2D eigenvalue weighted by Gasteiger charge is 2.10. The molecule has 0 radical (unpaired) electrons. The molecule has 110 valence electrons. The van der Waals surface area contributed by atoms with Crippen molar-refractivity contribution in [2.24, 2.45) is 5.92 Å². The molecule has 1 rings (SSSR count). The average Bonchev–Trinajstić information content (AvgIpc) is 2.42. The molecule has 1 unspecified atom stereocenters. The maximum atomic E-state index is 11.5. The zero-order valence-corrected chi connectivity index (χ0v) is 12.1. The molecule has 0 heterocycles. The van der Waals surface area contributed by atoms with Crippen molar-refractivity contribution < 1.29 is 14.7 Å². The SMILES string of the molecule is CC(CCCNC(=O)NCc1ccccc1Cl)C(=O)O. The van der Waals surface area contributed by atoms with Crippen LogP contribution in [0.3, 0.4) is 0 Å². The summed E-state index contributed by atoms with van der Waals surface area (Å²) in [6, 6.07) is 7.01. The van der Waals surface area contributed by atoms with Gasteiger partial charge in [0.2, 0.25) is 0 Å². The molecule has 0 aliphatic rings. The van der Waals surface area contributed by atoms with Gasteiger partial charge in [-0.05, 0) is 24.5 Å². The number of carboxylic acid groups (broad SMARTS) is 1. The predicted molar refractivity (Wildman–Crippen MR) is 77.7 cm³/mol. The molecule has 1 aromatic rings. The van der Waals surface area contributed by atoms with Gasteiger partial charge >= 0.3 is 12.0 Å². The normalized spacial score (nSPS) is 11.7. The minimum atomic E-state index is -0.812. The third-order valence-corrected chi connectivity index (χ3v) is 3.29. The van der Waals surface area contributed by atoms with Gasteiger partial charge in [-0.3, -0.25) is 4.79 Å². The van der Waals surface area contributed by atoms with Crippen LogP contribution < -0.4 is 10.6 Å². The van der Waals surface area contributed by atoms with Crippen LogP contribution in [-0.4, -0.2) is 23.7 Å². The molecule has 6 heteroatoms. The van der Waals surface area contributed by atoms with E-state index in [4.69, 9.17) is 16.7 Å². The number of carbonyl (C=O) groups is 2. The molecular formula is C14H19ClN2O3. The third kappa shape index (κ3) is 5.93. The second-order valence-corrected chi connectivity index (χ2v) is 4.99. The molecule has 0 aromatic heterocycles. The second-order valence-electron chi connectivity index (χ2n) is 4.58. The lowest BCUT2D eigenvalue weighted by atomic mass is 10.1. The van der Waals surface area contributed by atoms with Crippen molar-refractivity contribution in [3.05, 3.63) is 34.9 Å². The lowest BCUT2D eigenvalue weighted by molar-refractivity contribution is -0.141. The first-order valence-electron chi connectivity index (χ1n) is 6.48. The van der Waals surface area contributed by atoms with Gasteiger partial charge in [-0.2, -0.15) is 0 Å². The van der Waals surface area contributed by atoms with Crippen LogP contribution in [0.5, 0.6) is 0 Å². The Hall–Kier alpha value is -1.75. The van der Waals surface area contributed by atoms with Crippen molar-refractivity contribution in [2.45, 2.75) is 26.3 Å². The molecule has 2 amide bonds. The molecule has 3 N–H and O–H groups in total. The van der Waals surface area contributed by atoms with Gasteiger partial charge in [-0.1, -0.05) is 36.7 Å². The lowest BCUT2D eigenvalue weighted by Crippen LogP contribution is -2.35. The molecule has 0 saturated heterocycles. The maximum Gasteiger partial charge on any atom is 0.315 e. The van der Waals surface area contributed by atoms with Crippen molar-refractivity contribution in [2.75, 3.05) is 6.54 Å². The van der Waals surface area contributed by atoms with Crippen LogP contribution in [0.15, 0.2) is 24.3 Å². The number of rotatable bonds is 7. The predicted octanol–water partition coefficient (Wildman–Crippen LogP) is 2.64. The Bertz CT molecular complexity index is 465. The van der Waals surface area contributed by atoms with Gasteiger partial charge in [0.15, 0.2) is 0 Å². The Morgan fingerprint density at radius 3 is 2.65 bits per heavy atom. The van der Waals surface area contributed by atoms with Crippen molar-refractivity contribution >= 4 is 23.6 Å². The summed E-state index contributed by atoms with van der Waals surface area (Å²) < 4.78 is 0. The second kappa shape index (κ2) is 8.43. The molecule has 0 aliphatic carbocycles. The van der Waals surface area contributed by atoms with E-state index in [1.165, 1.54) is 0 Å². The van der Waals surface area contributed by atoms with Gasteiger partial charge < -0.3 is 15.7 Å². The van der Waals surface area contributed by atoms with E-state index in [2.05, 4.69) is 10.6 Å². The molecule has 0 fully saturated rings. The molecule has 0 aliphatic heterocycles. The van der Waals surface area contributed by atoms with Crippen molar-refractivity contribution in [3.8, 4) is 0 Å². The summed E-state index contributed by atoms with van der Waals surface area (Å²) in [5.41, 5.74) is 0.851. The molecular weight excluding hydrogens is 280 g/mol. The van der Waals surface area contributed by atoms with Crippen molar-refractivity contribution in [1.82, 2.24) is 10.6 Å². The Labute approximate surface area is 123 Å². The topological polar surface area (TPSA) is 78.4 Å². The van der Waals surface area contributed by atoms with Crippen LogP contribution in [0.25, 0.3) is 0 Å². The Morgan fingerprint density at radius 2 is 2.00 bits per heavy atom. The summed E-state index contributed by atoms with van der Waals surface area (Å²) in [5.74, 6) is -1.20. The number of carboxylic acids is 1. The molecule has 0 spiro atoms. The Kier molecular flexibility index (Phi) is 6.87. The van der Waals surface area contributed by atoms with E-state index in [9.17, 15) is 9.59 Å². The first-order chi connectivity index (χ1) is 9.50. The quantitative estimate of drug-likeness (QED) is 0.677. The Morgan fingerprint density at radius 1 is 1.30 bits per heavy atom. The lowest BCUT2D eigenvalue weighted by Gasteiger charge is -2.09. The summed E-state index contributed by atoms with van der Waals surface area (Å²) in [4.78, 5) is 22.1. The third-order valence-electron chi connectivity index (χ3n) is 2.92. The van der Waals surface area contributed by atoms with Crippen LogP contribution in [0.4, 0.5) is 4.79 Å². The zero-order chi connectivity index (χ0) is 15.0. The Balaban J connectivity index is 2.18.